The molecule has 1 N–H and O–H groups in total. The SMILES string of the molecule is O=C(Cc1cccc(Br)c1)N1CC2CCC(O)C2C1. The topological polar surface area (TPSA) is 40.5 Å². The quantitative estimate of drug-likeness (QED) is 0.906. The van der Waals surface area contributed by atoms with Crippen LogP contribution >= 0.6 is 15.9 Å². The number of amides is 1. The van der Waals surface area contributed by atoms with Gasteiger partial charge in [-0.25, -0.2) is 0 Å². The van der Waals surface area contributed by atoms with Crippen molar-refractivity contribution in [3.05, 3.63) is 34.3 Å². The van der Waals surface area contributed by atoms with E-state index in [0.29, 0.717) is 18.3 Å². The van der Waals surface area contributed by atoms with E-state index in [2.05, 4.69) is 15.9 Å². The van der Waals surface area contributed by atoms with Gasteiger partial charge in [0, 0.05) is 23.5 Å². The molecular weight excluding hydrogens is 306 g/mol. The molecule has 0 spiro atoms. The highest BCUT2D eigenvalue weighted by atomic mass is 79.9. The first kappa shape index (κ1) is 13.1. The molecule has 0 aromatic heterocycles. The number of halogens is 1. The van der Waals surface area contributed by atoms with Crippen LogP contribution in [0.3, 0.4) is 0 Å². The molecule has 1 aromatic carbocycles. The Balaban J connectivity index is 1.63. The third kappa shape index (κ3) is 2.70. The molecule has 3 rings (SSSR count). The number of nitrogens with zero attached hydrogens (tertiary/aromatic N) is 1. The van der Waals surface area contributed by atoms with E-state index in [4.69, 9.17) is 0 Å². The van der Waals surface area contributed by atoms with Gasteiger partial charge in [0.2, 0.25) is 5.91 Å². The summed E-state index contributed by atoms with van der Waals surface area (Å²) in [7, 11) is 0. The molecule has 2 aliphatic rings. The first-order valence-electron chi connectivity index (χ1n) is 6.84. The van der Waals surface area contributed by atoms with Gasteiger partial charge in [-0.3, -0.25) is 4.79 Å². The molecule has 102 valence electrons. The monoisotopic (exact) mass is 323 g/mol. The van der Waals surface area contributed by atoms with E-state index in [1.807, 2.05) is 29.2 Å². The molecule has 3 nitrogen and oxygen atoms in total. The number of aliphatic hydroxyl groups is 1. The number of likely N-dealkylation sites (tertiary alicyclic amines) is 1. The normalized spacial score (nSPS) is 29.6. The van der Waals surface area contributed by atoms with Gasteiger partial charge in [-0.05, 0) is 36.5 Å². The molecule has 1 heterocycles. The molecule has 1 aliphatic heterocycles. The van der Waals surface area contributed by atoms with Crippen LogP contribution in [-0.2, 0) is 11.2 Å². The maximum atomic E-state index is 12.3. The minimum Gasteiger partial charge on any atom is -0.393 e. The molecule has 1 amide bonds. The van der Waals surface area contributed by atoms with Crippen molar-refractivity contribution < 1.29 is 9.90 Å². The van der Waals surface area contributed by atoms with Gasteiger partial charge in [0.15, 0.2) is 0 Å². The number of fused-ring (bicyclic) bond motifs is 1. The Bertz CT molecular complexity index is 491. The van der Waals surface area contributed by atoms with Crippen LogP contribution in [0.1, 0.15) is 18.4 Å². The van der Waals surface area contributed by atoms with E-state index < -0.39 is 0 Å². The predicted molar refractivity (Wildman–Crippen MR) is 76.6 cm³/mol. The molecule has 3 atom stereocenters. The fraction of sp³-hybridized carbons (Fsp3) is 0.533. The molecule has 1 aliphatic carbocycles. The summed E-state index contributed by atoms with van der Waals surface area (Å²) in [5.41, 5.74) is 1.04. The minimum absolute atomic E-state index is 0.180. The second-order valence-electron chi connectivity index (χ2n) is 5.67. The molecule has 0 radical (unpaired) electrons. The zero-order valence-corrected chi connectivity index (χ0v) is 12.3. The van der Waals surface area contributed by atoms with Crippen molar-refractivity contribution >= 4 is 21.8 Å². The van der Waals surface area contributed by atoms with Crippen molar-refractivity contribution in [3.8, 4) is 0 Å². The fourth-order valence-corrected chi connectivity index (χ4v) is 3.82. The third-order valence-corrected chi connectivity index (χ3v) is 4.91. The van der Waals surface area contributed by atoms with Gasteiger partial charge in [0.1, 0.15) is 0 Å². The highest BCUT2D eigenvalue weighted by molar-refractivity contribution is 9.10. The number of hydrogen-bond acceptors (Lipinski definition) is 2. The van der Waals surface area contributed by atoms with Crippen molar-refractivity contribution in [2.45, 2.75) is 25.4 Å². The lowest BCUT2D eigenvalue weighted by Crippen LogP contribution is -2.32. The lowest BCUT2D eigenvalue weighted by Gasteiger charge is -2.18. The lowest BCUT2D eigenvalue weighted by molar-refractivity contribution is -0.129. The van der Waals surface area contributed by atoms with Crippen molar-refractivity contribution in [2.75, 3.05) is 13.1 Å². The molecule has 1 saturated carbocycles. The molecule has 19 heavy (non-hydrogen) atoms. The van der Waals surface area contributed by atoms with Crippen molar-refractivity contribution in [1.82, 2.24) is 4.90 Å². The van der Waals surface area contributed by atoms with Crippen molar-refractivity contribution in [3.63, 3.8) is 0 Å². The van der Waals surface area contributed by atoms with Gasteiger partial charge in [-0.1, -0.05) is 28.1 Å². The molecule has 3 unspecified atom stereocenters. The average molecular weight is 324 g/mol. The van der Waals surface area contributed by atoms with Crippen LogP contribution in [-0.4, -0.2) is 35.1 Å². The van der Waals surface area contributed by atoms with Gasteiger partial charge in [0.05, 0.1) is 12.5 Å². The summed E-state index contributed by atoms with van der Waals surface area (Å²) >= 11 is 3.42. The second-order valence-corrected chi connectivity index (χ2v) is 6.59. The van der Waals surface area contributed by atoms with Crippen molar-refractivity contribution in [1.29, 1.82) is 0 Å². The summed E-state index contributed by atoms with van der Waals surface area (Å²) in [5.74, 6) is 1.01. The number of carbonyl (C=O) groups is 1. The Morgan fingerprint density at radius 2 is 2.21 bits per heavy atom. The van der Waals surface area contributed by atoms with Gasteiger partial charge < -0.3 is 10.0 Å². The number of benzene rings is 1. The lowest BCUT2D eigenvalue weighted by atomic mass is 10.00. The first-order chi connectivity index (χ1) is 9.13. The molecule has 2 fully saturated rings. The second kappa shape index (κ2) is 5.25. The Morgan fingerprint density at radius 1 is 1.37 bits per heavy atom. The van der Waals surface area contributed by atoms with Gasteiger partial charge in [-0.2, -0.15) is 0 Å². The van der Waals surface area contributed by atoms with Gasteiger partial charge in [0.25, 0.3) is 0 Å². The Kier molecular flexibility index (Phi) is 3.63. The number of aliphatic hydroxyl groups excluding tert-OH is 1. The number of carbonyl (C=O) groups excluding carboxylic acids is 1. The van der Waals surface area contributed by atoms with Crippen LogP contribution in [0, 0.1) is 11.8 Å². The molecular formula is C15H18BrNO2. The Labute approximate surface area is 121 Å². The minimum atomic E-state index is -0.200. The zero-order chi connectivity index (χ0) is 13.4. The van der Waals surface area contributed by atoms with E-state index in [-0.39, 0.29) is 12.0 Å². The maximum absolute atomic E-state index is 12.3. The smallest absolute Gasteiger partial charge is 0.227 e. The molecule has 1 aromatic rings. The highest BCUT2D eigenvalue weighted by Gasteiger charge is 2.43. The van der Waals surface area contributed by atoms with E-state index in [1.165, 1.54) is 0 Å². The number of rotatable bonds is 2. The van der Waals surface area contributed by atoms with E-state index in [9.17, 15) is 9.90 Å². The molecule has 1 saturated heterocycles. The van der Waals surface area contributed by atoms with Gasteiger partial charge >= 0.3 is 0 Å². The Morgan fingerprint density at radius 3 is 2.95 bits per heavy atom. The summed E-state index contributed by atoms with van der Waals surface area (Å²) < 4.78 is 1.01. The first-order valence-corrected chi connectivity index (χ1v) is 7.63. The van der Waals surface area contributed by atoms with Crippen LogP contribution in [0.2, 0.25) is 0 Å². The fourth-order valence-electron chi connectivity index (χ4n) is 3.37. The van der Waals surface area contributed by atoms with Crippen LogP contribution in [0.5, 0.6) is 0 Å². The summed E-state index contributed by atoms with van der Waals surface area (Å²) in [6.07, 6.45) is 2.22. The van der Waals surface area contributed by atoms with E-state index >= 15 is 0 Å². The van der Waals surface area contributed by atoms with Gasteiger partial charge in [-0.15, -0.1) is 0 Å². The predicted octanol–water partition coefficient (Wildman–Crippen LogP) is 2.22. The van der Waals surface area contributed by atoms with Crippen LogP contribution < -0.4 is 0 Å². The van der Waals surface area contributed by atoms with Crippen LogP contribution in [0.4, 0.5) is 0 Å². The Hall–Kier alpha value is -0.870. The summed E-state index contributed by atoms with van der Waals surface area (Å²) in [4.78, 5) is 14.2. The number of hydrogen-bond donors (Lipinski definition) is 1. The molecule has 4 heteroatoms. The summed E-state index contributed by atoms with van der Waals surface area (Å²) in [6, 6.07) is 7.89. The maximum Gasteiger partial charge on any atom is 0.227 e. The third-order valence-electron chi connectivity index (χ3n) is 4.42. The summed E-state index contributed by atoms with van der Waals surface area (Å²) in [6.45, 7) is 1.56. The molecule has 0 bridgehead atoms. The van der Waals surface area contributed by atoms with Crippen LogP contribution in [0.25, 0.3) is 0 Å². The highest BCUT2D eigenvalue weighted by Crippen LogP contribution is 2.38. The zero-order valence-electron chi connectivity index (χ0n) is 10.8. The largest absolute Gasteiger partial charge is 0.393 e. The average Bonchev–Trinajstić information content (AvgIpc) is 2.92. The standard InChI is InChI=1S/C15H18BrNO2/c16-12-3-1-2-10(6-12)7-15(19)17-8-11-4-5-14(18)13(11)9-17/h1-3,6,11,13-14,18H,4-5,7-9H2. The van der Waals surface area contributed by atoms with E-state index in [1.54, 1.807) is 0 Å². The van der Waals surface area contributed by atoms with E-state index in [0.717, 1.165) is 36.0 Å². The van der Waals surface area contributed by atoms with Crippen LogP contribution in [0.15, 0.2) is 28.7 Å². The summed E-state index contributed by atoms with van der Waals surface area (Å²) in [5, 5.41) is 9.88. The van der Waals surface area contributed by atoms with Crippen molar-refractivity contribution in [2.24, 2.45) is 11.8 Å².